The third kappa shape index (κ3) is 5.67. The molecular weight excluding hydrogens is 292 g/mol. The summed E-state index contributed by atoms with van der Waals surface area (Å²) in [4.78, 5) is 26.4. The van der Waals surface area contributed by atoms with E-state index in [0.717, 1.165) is 24.9 Å². The first kappa shape index (κ1) is 17.5. The van der Waals surface area contributed by atoms with Crippen LogP contribution in [0.25, 0.3) is 0 Å². The van der Waals surface area contributed by atoms with E-state index in [1.165, 1.54) is 0 Å². The summed E-state index contributed by atoms with van der Waals surface area (Å²) in [5.41, 5.74) is 1.00. The quantitative estimate of drug-likeness (QED) is 0.832. The van der Waals surface area contributed by atoms with Gasteiger partial charge < -0.3 is 15.3 Å². The SMILES string of the molecule is CC(O)CCNC(=O)C1CCCN(C(=O)Cc2ccccc2)C1. The van der Waals surface area contributed by atoms with Gasteiger partial charge >= 0.3 is 0 Å². The Labute approximate surface area is 137 Å². The molecule has 2 rings (SSSR count). The number of aliphatic hydroxyl groups excluding tert-OH is 1. The number of piperidine rings is 1. The largest absolute Gasteiger partial charge is 0.393 e. The Kier molecular flexibility index (Phi) is 6.59. The molecule has 0 radical (unpaired) electrons. The van der Waals surface area contributed by atoms with Gasteiger partial charge in [-0.1, -0.05) is 30.3 Å². The zero-order valence-corrected chi connectivity index (χ0v) is 13.7. The van der Waals surface area contributed by atoms with Crippen LogP contribution in [-0.2, 0) is 16.0 Å². The highest BCUT2D eigenvalue weighted by molar-refractivity contribution is 5.82. The minimum Gasteiger partial charge on any atom is -0.393 e. The van der Waals surface area contributed by atoms with Gasteiger partial charge in [0.25, 0.3) is 0 Å². The molecule has 2 unspecified atom stereocenters. The molecule has 0 aromatic heterocycles. The smallest absolute Gasteiger partial charge is 0.227 e. The van der Waals surface area contributed by atoms with Crippen LogP contribution in [0.3, 0.4) is 0 Å². The molecule has 2 amide bonds. The second-order valence-corrected chi connectivity index (χ2v) is 6.27. The number of nitrogens with zero attached hydrogens (tertiary/aromatic N) is 1. The van der Waals surface area contributed by atoms with Gasteiger partial charge in [0, 0.05) is 19.6 Å². The Balaban J connectivity index is 1.82. The minimum absolute atomic E-state index is 0.0112. The van der Waals surface area contributed by atoms with E-state index in [4.69, 9.17) is 0 Å². The first-order valence-electron chi connectivity index (χ1n) is 8.33. The Morgan fingerprint density at radius 3 is 2.78 bits per heavy atom. The van der Waals surface area contributed by atoms with Gasteiger partial charge in [0.05, 0.1) is 18.4 Å². The number of carbonyl (C=O) groups excluding carboxylic acids is 2. The number of rotatable bonds is 6. The van der Waals surface area contributed by atoms with Crippen LogP contribution >= 0.6 is 0 Å². The third-order valence-electron chi connectivity index (χ3n) is 4.20. The van der Waals surface area contributed by atoms with Crippen LogP contribution in [0.4, 0.5) is 0 Å². The summed E-state index contributed by atoms with van der Waals surface area (Å²) in [6, 6.07) is 9.68. The number of hydrogen-bond acceptors (Lipinski definition) is 3. The van der Waals surface area contributed by atoms with Crippen molar-refractivity contribution >= 4 is 11.8 Å². The van der Waals surface area contributed by atoms with Crippen LogP contribution in [-0.4, -0.2) is 47.6 Å². The van der Waals surface area contributed by atoms with Crippen LogP contribution in [0.2, 0.25) is 0 Å². The second kappa shape index (κ2) is 8.67. The summed E-state index contributed by atoms with van der Waals surface area (Å²) in [7, 11) is 0. The molecule has 2 N–H and O–H groups in total. The van der Waals surface area contributed by atoms with Crippen molar-refractivity contribution in [3.63, 3.8) is 0 Å². The van der Waals surface area contributed by atoms with E-state index in [1.807, 2.05) is 30.3 Å². The zero-order valence-electron chi connectivity index (χ0n) is 13.7. The lowest BCUT2D eigenvalue weighted by molar-refractivity contribution is -0.135. The fourth-order valence-corrected chi connectivity index (χ4v) is 2.85. The highest BCUT2D eigenvalue weighted by Gasteiger charge is 2.28. The third-order valence-corrected chi connectivity index (χ3v) is 4.20. The van der Waals surface area contributed by atoms with Gasteiger partial charge in [0.1, 0.15) is 0 Å². The highest BCUT2D eigenvalue weighted by Crippen LogP contribution is 2.18. The van der Waals surface area contributed by atoms with Crippen molar-refractivity contribution in [1.29, 1.82) is 0 Å². The fourth-order valence-electron chi connectivity index (χ4n) is 2.85. The van der Waals surface area contributed by atoms with Crippen LogP contribution < -0.4 is 5.32 Å². The number of likely N-dealkylation sites (tertiary alicyclic amines) is 1. The maximum atomic E-state index is 12.4. The molecular formula is C18H26N2O3. The van der Waals surface area contributed by atoms with E-state index in [1.54, 1.807) is 11.8 Å². The lowest BCUT2D eigenvalue weighted by atomic mass is 9.96. The molecule has 5 heteroatoms. The van der Waals surface area contributed by atoms with Crippen LogP contribution in [0.1, 0.15) is 31.7 Å². The summed E-state index contributed by atoms with van der Waals surface area (Å²) in [5.74, 6) is -0.0713. The lowest BCUT2D eigenvalue weighted by Crippen LogP contribution is -2.46. The molecule has 23 heavy (non-hydrogen) atoms. The highest BCUT2D eigenvalue weighted by atomic mass is 16.3. The van der Waals surface area contributed by atoms with E-state index in [2.05, 4.69) is 5.32 Å². The summed E-state index contributed by atoms with van der Waals surface area (Å²) in [6.45, 7) is 3.40. The fraction of sp³-hybridized carbons (Fsp3) is 0.556. The number of nitrogens with one attached hydrogen (secondary N) is 1. The average molecular weight is 318 g/mol. The molecule has 1 fully saturated rings. The van der Waals surface area contributed by atoms with Crippen LogP contribution in [0, 0.1) is 5.92 Å². The van der Waals surface area contributed by atoms with Crippen molar-refractivity contribution in [2.45, 2.75) is 38.7 Å². The summed E-state index contributed by atoms with van der Waals surface area (Å²) in [6.07, 6.45) is 2.20. The van der Waals surface area contributed by atoms with Gasteiger partial charge in [-0.2, -0.15) is 0 Å². The van der Waals surface area contributed by atoms with Crippen LogP contribution in [0.15, 0.2) is 30.3 Å². The molecule has 5 nitrogen and oxygen atoms in total. The molecule has 1 heterocycles. The summed E-state index contributed by atoms with van der Waals surface area (Å²) >= 11 is 0. The maximum Gasteiger partial charge on any atom is 0.227 e. The number of hydrogen-bond donors (Lipinski definition) is 2. The van der Waals surface area contributed by atoms with E-state index in [-0.39, 0.29) is 17.7 Å². The Bertz CT molecular complexity index is 516. The van der Waals surface area contributed by atoms with Crippen molar-refractivity contribution in [3.05, 3.63) is 35.9 Å². The van der Waals surface area contributed by atoms with Crippen molar-refractivity contribution in [1.82, 2.24) is 10.2 Å². The molecule has 2 atom stereocenters. The summed E-state index contributed by atoms with van der Waals surface area (Å²) < 4.78 is 0. The van der Waals surface area contributed by atoms with E-state index in [9.17, 15) is 14.7 Å². The predicted molar refractivity (Wildman–Crippen MR) is 88.8 cm³/mol. The van der Waals surface area contributed by atoms with Gasteiger partial charge in [0.2, 0.25) is 11.8 Å². The Hall–Kier alpha value is -1.88. The molecule has 1 saturated heterocycles. The Morgan fingerprint density at radius 1 is 1.35 bits per heavy atom. The van der Waals surface area contributed by atoms with E-state index < -0.39 is 6.10 Å². The summed E-state index contributed by atoms with van der Waals surface area (Å²) in [5, 5.41) is 12.1. The molecule has 0 bridgehead atoms. The molecule has 126 valence electrons. The standard InChI is InChI=1S/C18H26N2O3/c1-14(21)9-10-19-18(23)16-8-5-11-20(13-16)17(22)12-15-6-3-2-4-7-15/h2-4,6-7,14,16,21H,5,8-13H2,1H3,(H,19,23). The van der Waals surface area contributed by atoms with Crippen molar-refractivity contribution in [2.24, 2.45) is 5.92 Å². The molecule has 0 spiro atoms. The van der Waals surface area contributed by atoms with Crippen molar-refractivity contribution in [3.8, 4) is 0 Å². The number of amides is 2. The number of benzene rings is 1. The molecule has 1 aliphatic heterocycles. The van der Waals surface area contributed by atoms with Crippen molar-refractivity contribution < 1.29 is 14.7 Å². The first-order valence-corrected chi connectivity index (χ1v) is 8.33. The van der Waals surface area contributed by atoms with Gasteiger partial charge in [-0.15, -0.1) is 0 Å². The second-order valence-electron chi connectivity index (χ2n) is 6.27. The van der Waals surface area contributed by atoms with Gasteiger partial charge in [-0.05, 0) is 31.7 Å². The minimum atomic E-state index is -0.411. The monoisotopic (exact) mass is 318 g/mol. The first-order chi connectivity index (χ1) is 11.1. The lowest BCUT2D eigenvalue weighted by Gasteiger charge is -2.32. The van der Waals surface area contributed by atoms with E-state index in [0.29, 0.717) is 25.9 Å². The van der Waals surface area contributed by atoms with Gasteiger partial charge in [-0.25, -0.2) is 0 Å². The normalized spacial score (nSPS) is 19.2. The molecule has 1 aromatic rings. The topological polar surface area (TPSA) is 69.6 Å². The van der Waals surface area contributed by atoms with Crippen LogP contribution in [0.5, 0.6) is 0 Å². The Morgan fingerprint density at radius 2 is 2.09 bits per heavy atom. The van der Waals surface area contributed by atoms with Gasteiger partial charge in [0.15, 0.2) is 0 Å². The van der Waals surface area contributed by atoms with Gasteiger partial charge in [-0.3, -0.25) is 9.59 Å². The molecule has 0 aliphatic carbocycles. The van der Waals surface area contributed by atoms with E-state index >= 15 is 0 Å². The molecule has 0 saturated carbocycles. The maximum absolute atomic E-state index is 12.4. The molecule has 1 aromatic carbocycles. The number of carbonyl (C=O) groups is 2. The average Bonchev–Trinajstić information content (AvgIpc) is 2.55. The number of aliphatic hydroxyl groups is 1. The molecule has 1 aliphatic rings. The zero-order chi connectivity index (χ0) is 16.7. The predicted octanol–water partition coefficient (Wildman–Crippen LogP) is 1.35. The van der Waals surface area contributed by atoms with Crippen molar-refractivity contribution in [2.75, 3.05) is 19.6 Å².